The van der Waals surface area contributed by atoms with Gasteiger partial charge in [-0.3, -0.25) is 9.59 Å². The highest BCUT2D eigenvalue weighted by atomic mass is 35.5. The van der Waals surface area contributed by atoms with Gasteiger partial charge in [0.05, 0.1) is 6.33 Å². The van der Waals surface area contributed by atoms with Gasteiger partial charge in [-0.15, -0.1) is 12.4 Å². The number of carbonyl (C=O) groups is 4. The van der Waals surface area contributed by atoms with Crippen molar-refractivity contribution in [2.75, 3.05) is 6.54 Å². The second-order valence-electron chi connectivity index (χ2n) is 11.2. The average molecular weight is 546 g/mol. The van der Waals surface area contributed by atoms with Gasteiger partial charge in [0.25, 0.3) is 11.8 Å². The van der Waals surface area contributed by atoms with Gasteiger partial charge in [-0.1, -0.05) is 13.8 Å². The molecule has 12 heteroatoms. The van der Waals surface area contributed by atoms with Crippen LogP contribution < -0.4 is 16.4 Å². The molecule has 2 atom stereocenters. The summed E-state index contributed by atoms with van der Waals surface area (Å²) in [4.78, 5) is 58.1. The third-order valence-electron chi connectivity index (χ3n) is 4.73. The number of aromatic nitrogens is 2. The molecule has 0 saturated heterocycles. The molecule has 37 heavy (non-hydrogen) atoms. The van der Waals surface area contributed by atoms with Crippen molar-refractivity contribution in [3.8, 4) is 0 Å². The Bertz CT molecular complexity index is 904. The van der Waals surface area contributed by atoms with Crippen LogP contribution in [-0.4, -0.2) is 63.6 Å². The molecular weight excluding hydrogens is 502 g/mol. The summed E-state index contributed by atoms with van der Waals surface area (Å²) in [5.41, 5.74) is 3.76. The molecule has 11 nitrogen and oxygen atoms in total. The van der Waals surface area contributed by atoms with E-state index >= 15 is 0 Å². The minimum Gasteiger partial charge on any atom is -0.458 e. The molecule has 1 aromatic heterocycles. The fraction of sp³-hybridized carbons (Fsp3) is 0.720. The molecule has 0 saturated carbocycles. The van der Waals surface area contributed by atoms with Crippen molar-refractivity contribution >= 4 is 36.2 Å². The topological polar surface area (TPSA) is 165 Å². The van der Waals surface area contributed by atoms with Crippen LogP contribution in [0.25, 0.3) is 0 Å². The second-order valence-corrected chi connectivity index (χ2v) is 11.2. The van der Waals surface area contributed by atoms with E-state index < -0.39 is 47.0 Å². The second kappa shape index (κ2) is 14.9. The third-order valence-corrected chi connectivity index (χ3v) is 4.73. The number of carbonyl (C=O) groups excluding carboxylic acids is 4. The summed E-state index contributed by atoms with van der Waals surface area (Å²) in [5.74, 6) is -2.47. The number of aromatic amines is 1. The molecule has 0 unspecified atom stereocenters. The van der Waals surface area contributed by atoms with E-state index in [1.807, 2.05) is 13.8 Å². The Balaban J connectivity index is 0.0000130. The first-order valence-corrected chi connectivity index (χ1v) is 12.3. The van der Waals surface area contributed by atoms with Crippen molar-refractivity contribution in [2.45, 2.75) is 104 Å². The zero-order valence-electron chi connectivity index (χ0n) is 23.2. The van der Waals surface area contributed by atoms with Crippen LogP contribution in [0.15, 0.2) is 6.33 Å². The lowest BCUT2D eigenvalue weighted by molar-refractivity contribution is -0.158. The van der Waals surface area contributed by atoms with Crippen LogP contribution in [0.1, 0.15) is 102 Å². The minimum absolute atomic E-state index is 0. The van der Waals surface area contributed by atoms with Gasteiger partial charge >= 0.3 is 11.9 Å². The fourth-order valence-corrected chi connectivity index (χ4v) is 3.27. The normalized spacial score (nSPS) is 13.2. The van der Waals surface area contributed by atoms with Crippen LogP contribution in [0, 0.1) is 5.92 Å². The van der Waals surface area contributed by atoms with Crippen LogP contribution in [0.4, 0.5) is 0 Å². The lowest BCUT2D eigenvalue weighted by Gasteiger charge is -2.25. The number of nitrogens with two attached hydrogens (primary N) is 1. The molecule has 1 aromatic rings. The van der Waals surface area contributed by atoms with E-state index in [9.17, 15) is 19.2 Å². The highest BCUT2D eigenvalue weighted by molar-refractivity contribution is 6.06. The first-order chi connectivity index (χ1) is 16.5. The maximum atomic E-state index is 13.0. The van der Waals surface area contributed by atoms with Crippen LogP contribution in [0.3, 0.4) is 0 Å². The average Bonchev–Trinajstić information content (AvgIpc) is 3.20. The van der Waals surface area contributed by atoms with E-state index in [1.165, 1.54) is 6.33 Å². The molecular formula is C25H44ClN5O6. The predicted octanol–water partition coefficient (Wildman–Crippen LogP) is 2.89. The van der Waals surface area contributed by atoms with Crippen molar-refractivity contribution in [3.63, 3.8) is 0 Å². The number of hydrogen-bond acceptors (Lipinski definition) is 8. The van der Waals surface area contributed by atoms with E-state index in [1.54, 1.807) is 41.5 Å². The van der Waals surface area contributed by atoms with Gasteiger partial charge in [-0.05, 0) is 79.7 Å². The zero-order chi connectivity index (χ0) is 27.7. The van der Waals surface area contributed by atoms with Gasteiger partial charge in [-0.25, -0.2) is 14.6 Å². The molecule has 0 aliphatic heterocycles. The molecule has 0 spiro atoms. The predicted molar refractivity (Wildman–Crippen MR) is 142 cm³/mol. The Morgan fingerprint density at radius 2 is 1.43 bits per heavy atom. The summed E-state index contributed by atoms with van der Waals surface area (Å²) in [6.45, 7) is 14.7. The SMILES string of the molecule is CC(C)C[C@H](NC(=O)c1nc[nH]c1C(=O)N[C@@H](CCCCN)C(=O)OC(C)(C)C)C(=O)OC(C)(C)C.Cl. The summed E-state index contributed by atoms with van der Waals surface area (Å²) >= 11 is 0. The molecule has 0 aliphatic rings. The molecule has 0 aliphatic carbocycles. The van der Waals surface area contributed by atoms with Crippen molar-refractivity contribution in [2.24, 2.45) is 11.7 Å². The largest absolute Gasteiger partial charge is 0.458 e. The number of rotatable bonds is 12. The number of esters is 2. The number of H-pyrrole nitrogens is 1. The summed E-state index contributed by atoms with van der Waals surface area (Å²) in [6.07, 6.45) is 3.14. The molecule has 0 bridgehead atoms. The van der Waals surface area contributed by atoms with Gasteiger partial charge in [0.15, 0.2) is 5.69 Å². The number of nitrogens with zero attached hydrogens (tertiary/aromatic N) is 1. The van der Waals surface area contributed by atoms with Crippen LogP contribution >= 0.6 is 12.4 Å². The molecule has 0 aromatic carbocycles. The Morgan fingerprint density at radius 3 is 1.92 bits per heavy atom. The quantitative estimate of drug-likeness (QED) is 0.230. The first-order valence-electron chi connectivity index (χ1n) is 12.3. The standard InChI is InChI=1S/C25H43N5O6.ClH/c1-15(2)13-17(23(34)36-25(6,7)8)30-21(32)19-18(27-14-28-19)20(31)29-16(11-9-10-12-26)22(33)35-24(3,4)5;/h14-17H,9-13,26H2,1-8H3,(H,27,28)(H,29,31)(H,30,32);1H/t16-,17-;/m0./s1. The Morgan fingerprint density at radius 1 is 0.919 bits per heavy atom. The van der Waals surface area contributed by atoms with Crippen molar-refractivity contribution in [1.29, 1.82) is 0 Å². The van der Waals surface area contributed by atoms with Gasteiger partial charge in [-0.2, -0.15) is 0 Å². The van der Waals surface area contributed by atoms with Gasteiger partial charge in [0.2, 0.25) is 0 Å². The lowest BCUT2D eigenvalue weighted by Crippen LogP contribution is -2.46. The lowest BCUT2D eigenvalue weighted by atomic mass is 10.0. The third kappa shape index (κ3) is 12.9. The van der Waals surface area contributed by atoms with Crippen molar-refractivity contribution in [3.05, 3.63) is 17.7 Å². The minimum atomic E-state index is -0.932. The fourth-order valence-electron chi connectivity index (χ4n) is 3.27. The van der Waals surface area contributed by atoms with E-state index in [0.717, 1.165) is 0 Å². The smallest absolute Gasteiger partial charge is 0.329 e. The summed E-state index contributed by atoms with van der Waals surface area (Å²) < 4.78 is 10.9. The Labute approximate surface area is 225 Å². The van der Waals surface area contributed by atoms with Gasteiger partial charge in [0, 0.05) is 0 Å². The van der Waals surface area contributed by atoms with E-state index in [4.69, 9.17) is 15.2 Å². The molecule has 1 heterocycles. The monoisotopic (exact) mass is 545 g/mol. The number of imidazole rings is 1. The number of ether oxygens (including phenoxy) is 2. The van der Waals surface area contributed by atoms with Gasteiger partial charge in [0.1, 0.15) is 29.0 Å². The van der Waals surface area contributed by atoms with Crippen molar-refractivity contribution < 1.29 is 28.7 Å². The Hall–Kier alpha value is -2.66. The molecule has 0 radical (unpaired) electrons. The van der Waals surface area contributed by atoms with E-state index in [-0.39, 0.29) is 29.7 Å². The van der Waals surface area contributed by atoms with E-state index in [0.29, 0.717) is 32.2 Å². The van der Waals surface area contributed by atoms with Crippen LogP contribution in [-0.2, 0) is 19.1 Å². The summed E-state index contributed by atoms with van der Waals surface area (Å²) in [5, 5.41) is 5.27. The number of nitrogens with one attached hydrogen (secondary N) is 3. The Kier molecular flexibility index (Phi) is 13.8. The molecule has 212 valence electrons. The maximum absolute atomic E-state index is 13.0. The number of unbranched alkanes of at least 4 members (excludes halogenated alkanes) is 1. The van der Waals surface area contributed by atoms with Crippen molar-refractivity contribution in [1.82, 2.24) is 20.6 Å². The highest BCUT2D eigenvalue weighted by Gasteiger charge is 2.32. The van der Waals surface area contributed by atoms with Crippen LogP contribution in [0.5, 0.6) is 0 Å². The first kappa shape index (κ1) is 34.3. The highest BCUT2D eigenvalue weighted by Crippen LogP contribution is 2.15. The summed E-state index contributed by atoms with van der Waals surface area (Å²) in [7, 11) is 0. The molecule has 2 amide bonds. The molecule has 0 fully saturated rings. The van der Waals surface area contributed by atoms with E-state index in [2.05, 4.69) is 20.6 Å². The zero-order valence-corrected chi connectivity index (χ0v) is 24.0. The van der Waals surface area contributed by atoms with Crippen LogP contribution in [0.2, 0.25) is 0 Å². The number of halogens is 1. The molecule has 5 N–H and O–H groups in total. The maximum Gasteiger partial charge on any atom is 0.329 e. The summed E-state index contributed by atoms with van der Waals surface area (Å²) in [6, 6.07) is -1.85. The van der Waals surface area contributed by atoms with Gasteiger partial charge < -0.3 is 30.8 Å². The number of amides is 2. The molecule has 1 rings (SSSR count). The number of hydrogen-bond donors (Lipinski definition) is 4.